The third-order valence-electron chi connectivity index (χ3n) is 12.2. The number of thiophene rings is 1. The van der Waals surface area contributed by atoms with Gasteiger partial charge in [0.15, 0.2) is 5.84 Å². The summed E-state index contributed by atoms with van der Waals surface area (Å²) in [6, 6.07) is 48.5. The number of rotatable bonds is 4. The average molecular weight is 740 g/mol. The molecule has 0 bridgehead atoms. The van der Waals surface area contributed by atoms with Gasteiger partial charge >= 0.3 is 0 Å². The summed E-state index contributed by atoms with van der Waals surface area (Å²) >= 11 is 1.82. The van der Waals surface area contributed by atoms with Gasteiger partial charge in [0.05, 0.1) is 12.1 Å². The number of hydrogen-bond donors (Lipinski definition) is 2. The van der Waals surface area contributed by atoms with E-state index in [4.69, 9.17) is 9.98 Å². The van der Waals surface area contributed by atoms with E-state index in [1.165, 1.54) is 64.7 Å². The van der Waals surface area contributed by atoms with Crippen molar-refractivity contribution in [2.24, 2.45) is 15.9 Å². The minimum atomic E-state index is -0.260. The van der Waals surface area contributed by atoms with E-state index in [1.807, 2.05) is 23.5 Å². The molecule has 3 atom stereocenters. The number of nitrogens with one attached hydrogen (secondary N) is 2. The highest BCUT2D eigenvalue weighted by molar-refractivity contribution is 7.26. The van der Waals surface area contributed by atoms with Crippen LogP contribution in [0, 0.1) is 17.2 Å². The first kappa shape index (κ1) is 32.8. The predicted octanol–water partition coefficient (Wildman–Crippen LogP) is 11.7. The van der Waals surface area contributed by atoms with Gasteiger partial charge in [-0.3, -0.25) is 0 Å². The maximum atomic E-state index is 9.58. The summed E-state index contributed by atoms with van der Waals surface area (Å²) in [5.41, 5.74) is 14.1. The molecule has 3 heterocycles. The number of anilines is 1. The van der Waals surface area contributed by atoms with Gasteiger partial charge in [0.25, 0.3) is 0 Å². The van der Waals surface area contributed by atoms with Crippen molar-refractivity contribution in [3.8, 4) is 28.3 Å². The minimum Gasteiger partial charge on any atom is -0.374 e. The van der Waals surface area contributed by atoms with Gasteiger partial charge in [-0.1, -0.05) is 129 Å². The van der Waals surface area contributed by atoms with Crippen LogP contribution in [0.25, 0.3) is 42.4 Å². The van der Waals surface area contributed by atoms with Crippen molar-refractivity contribution in [2.45, 2.75) is 37.9 Å². The normalized spacial score (nSPS) is 20.0. The van der Waals surface area contributed by atoms with Gasteiger partial charge in [-0.15, -0.1) is 11.3 Å². The Bertz CT molecular complexity index is 2960. The second-order valence-electron chi connectivity index (χ2n) is 15.7. The van der Waals surface area contributed by atoms with Crippen LogP contribution in [-0.4, -0.2) is 17.8 Å². The summed E-state index contributed by atoms with van der Waals surface area (Å²) in [7, 11) is 0. The second-order valence-corrected chi connectivity index (χ2v) is 16.7. The average Bonchev–Trinajstić information content (AvgIpc) is 3.75. The number of nitriles is 1. The van der Waals surface area contributed by atoms with Crippen molar-refractivity contribution < 1.29 is 0 Å². The van der Waals surface area contributed by atoms with E-state index < -0.39 is 0 Å². The first-order chi connectivity index (χ1) is 27.5. The van der Waals surface area contributed by atoms with Gasteiger partial charge in [-0.2, -0.15) is 5.26 Å². The smallest absolute Gasteiger partial charge is 0.160 e. The number of amidine groups is 2. The fourth-order valence-corrected chi connectivity index (χ4v) is 10.6. The molecular formula is C50H37N5S. The van der Waals surface area contributed by atoms with Crippen LogP contribution in [0.15, 0.2) is 161 Å². The summed E-state index contributed by atoms with van der Waals surface area (Å²) in [5, 5.41) is 19.7. The number of benzene rings is 6. The molecule has 268 valence electrons. The lowest BCUT2D eigenvalue weighted by atomic mass is 9.82. The molecule has 56 heavy (non-hydrogen) atoms. The zero-order chi connectivity index (χ0) is 37.5. The fourth-order valence-electron chi connectivity index (χ4n) is 9.35. The van der Waals surface area contributed by atoms with Crippen molar-refractivity contribution in [3.63, 3.8) is 0 Å². The Labute approximate surface area is 330 Å². The first-order valence-electron chi connectivity index (χ1n) is 19.3. The molecule has 3 unspecified atom stereocenters. The molecule has 0 spiro atoms. The van der Waals surface area contributed by atoms with Gasteiger partial charge in [0.1, 0.15) is 12.0 Å². The Balaban J connectivity index is 1.09. The van der Waals surface area contributed by atoms with Crippen LogP contribution in [-0.2, 0) is 5.41 Å². The lowest BCUT2D eigenvalue weighted by Gasteiger charge is -2.31. The Morgan fingerprint density at radius 3 is 2.39 bits per heavy atom. The summed E-state index contributed by atoms with van der Waals surface area (Å²) in [4.78, 5) is 10.8. The molecule has 1 aromatic heterocycles. The van der Waals surface area contributed by atoms with Crippen LogP contribution in [0.1, 0.15) is 59.7 Å². The Hall–Kier alpha value is -6.55. The molecule has 11 rings (SSSR count). The van der Waals surface area contributed by atoms with E-state index in [0.717, 1.165) is 34.9 Å². The zero-order valence-electron chi connectivity index (χ0n) is 31.0. The van der Waals surface area contributed by atoms with E-state index in [-0.39, 0.29) is 23.5 Å². The molecule has 6 aromatic carbocycles. The van der Waals surface area contributed by atoms with E-state index in [9.17, 15) is 5.26 Å². The minimum absolute atomic E-state index is 0.0364. The van der Waals surface area contributed by atoms with E-state index >= 15 is 0 Å². The second kappa shape index (κ2) is 12.5. The molecule has 2 aliphatic carbocycles. The van der Waals surface area contributed by atoms with Crippen molar-refractivity contribution in [2.75, 3.05) is 5.32 Å². The summed E-state index contributed by atoms with van der Waals surface area (Å²) < 4.78 is 2.43. The van der Waals surface area contributed by atoms with Crippen LogP contribution >= 0.6 is 11.3 Å². The van der Waals surface area contributed by atoms with Gasteiger partial charge in [-0.25, -0.2) is 9.98 Å². The molecular weight excluding hydrogens is 703 g/mol. The highest BCUT2D eigenvalue weighted by Gasteiger charge is 2.36. The zero-order valence-corrected chi connectivity index (χ0v) is 31.9. The highest BCUT2D eigenvalue weighted by Crippen LogP contribution is 2.51. The first-order valence-corrected chi connectivity index (χ1v) is 20.1. The van der Waals surface area contributed by atoms with Crippen LogP contribution in [0.4, 0.5) is 5.69 Å². The van der Waals surface area contributed by atoms with Crippen LogP contribution < -0.4 is 10.6 Å². The van der Waals surface area contributed by atoms with Crippen molar-refractivity contribution in [1.82, 2.24) is 5.32 Å². The molecule has 2 aliphatic heterocycles. The molecule has 0 fully saturated rings. The van der Waals surface area contributed by atoms with Crippen LogP contribution in [0.3, 0.4) is 0 Å². The quantitative estimate of drug-likeness (QED) is 0.189. The number of fused-ring (bicyclic) bond motifs is 10. The van der Waals surface area contributed by atoms with E-state index in [2.05, 4.69) is 164 Å². The lowest BCUT2D eigenvalue weighted by molar-refractivity contribution is 0.475. The topological polar surface area (TPSA) is 72.6 Å². The fraction of sp³-hybridized carbons (Fsp3) is 0.140. The van der Waals surface area contributed by atoms with Gasteiger partial charge in [0.2, 0.25) is 0 Å². The third-order valence-corrected chi connectivity index (χ3v) is 13.4. The Morgan fingerprint density at radius 1 is 0.768 bits per heavy atom. The maximum absolute atomic E-state index is 9.58. The molecule has 6 heteroatoms. The third kappa shape index (κ3) is 4.98. The Morgan fingerprint density at radius 2 is 1.55 bits per heavy atom. The maximum Gasteiger partial charge on any atom is 0.160 e. The predicted molar refractivity (Wildman–Crippen MR) is 232 cm³/mol. The van der Waals surface area contributed by atoms with Crippen molar-refractivity contribution in [3.05, 3.63) is 185 Å². The molecule has 0 saturated heterocycles. The lowest BCUT2D eigenvalue weighted by Crippen LogP contribution is -2.43. The summed E-state index contributed by atoms with van der Waals surface area (Å²) in [5.74, 6) is 1.60. The standard InChI is InChI=1S/C50H37N5S/c1-50(2)39-17-8-6-13-33(39)38-27-32(23-25-40(38)50)48-53-47(31-21-19-29(28-51)20-22-31)54-49(55-48)37-16-10-15-36-44-42(56-46(36)37)26-24-35-43(44)34-14-7-9-18-41(34)52-45(35)30-11-4-3-5-12-30/h3-21,23-27,31,45,47,52H,22H2,1-2H3,(H,53,54,55). The van der Waals surface area contributed by atoms with E-state index in [1.54, 1.807) is 0 Å². The van der Waals surface area contributed by atoms with Gasteiger partial charge in [0, 0.05) is 59.5 Å². The number of aliphatic imine (C=N–C) groups is 2. The number of nitrogens with zero attached hydrogens (tertiary/aromatic N) is 3. The summed E-state index contributed by atoms with van der Waals surface area (Å²) in [6.45, 7) is 4.62. The van der Waals surface area contributed by atoms with E-state index in [0.29, 0.717) is 5.57 Å². The van der Waals surface area contributed by atoms with Gasteiger partial charge in [-0.05, 0) is 75.7 Å². The van der Waals surface area contributed by atoms with Gasteiger partial charge < -0.3 is 10.6 Å². The highest BCUT2D eigenvalue weighted by atomic mass is 32.1. The van der Waals surface area contributed by atoms with Crippen molar-refractivity contribution in [1.29, 1.82) is 5.26 Å². The molecule has 0 saturated carbocycles. The van der Waals surface area contributed by atoms with Crippen molar-refractivity contribution >= 4 is 48.9 Å². The largest absolute Gasteiger partial charge is 0.374 e. The van der Waals surface area contributed by atoms with Crippen LogP contribution in [0.5, 0.6) is 0 Å². The molecule has 2 N–H and O–H groups in total. The molecule has 5 nitrogen and oxygen atoms in total. The number of hydrogen-bond acceptors (Lipinski definition) is 6. The summed E-state index contributed by atoms with van der Waals surface area (Å²) in [6.07, 6.45) is 6.54. The SMILES string of the molecule is CC1(C)c2ccccc2-c2cc(C3=NC(c4cccc5c4sc4ccc6c(c45)-c4ccccc4NC6c4ccccc4)=NC(C4C=CC(C#N)=CC4)N3)ccc21. The molecule has 7 aromatic rings. The molecule has 0 amide bonds. The number of para-hydroxylation sites is 1. The Kier molecular flexibility index (Phi) is 7.33. The molecule has 4 aliphatic rings. The monoisotopic (exact) mass is 739 g/mol. The number of allylic oxidation sites excluding steroid dienone is 3. The van der Waals surface area contributed by atoms with Crippen LogP contribution in [0.2, 0.25) is 0 Å². The molecule has 0 radical (unpaired) electrons.